The number of nitrogens with one attached hydrogen (secondary N) is 1. The molecule has 1 N–H and O–H groups in total. The van der Waals surface area contributed by atoms with Gasteiger partial charge in [-0.05, 0) is 34.1 Å². The molecule has 0 aliphatic carbocycles. The van der Waals surface area contributed by atoms with Gasteiger partial charge in [-0.3, -0.25) is 4.79 Å². The van der Waals surface area contributed by atoms with E-state index in [-0.39, 0.29) is 5.56 Å². The fourth-order valence-electron chi connectivity index (χ4n) is 2.05. The fourth-order valence-corrected chi connectivity index (χ4v) is 2.48. The van der Waals surface area contributed by atoms with Crippen LogP contribution < -0.4 is 10.9 Å². The summed E-state index contributed by atoms with van der Waals surface area (Å²) >= 11 is 3.48. The second kappa shape index (κ2) is 5.50. The first kappa shape index (κ1) is 12.9. The lowest BCUT2D eigenvalue weighted by Crippen LogP contribution is -2.24. The first-order valence-corrected chi connectivity index (χ1v) is 7.06. The highest BCUT2D eigenvalue weighted by molar-refractivity contribution is 9.10. The quantitative estimate of drug-likeness (QED) is 0.798. The molecule has 1 aromatic carbocycles. The zero-order valence-corrected chi connectivity index (χ0v) is 12.2. The van der Waals surface area contributed by atoms with Crippen molar-refractivity contribution in [2.75, 3.05) is 11.9 Å². The van der Waals surface area contributed by atoms with Crippen LogP contribution in [0.2, 0.25) is 0 Å². The van der Waals surface area contributed by atoms with E-state index in [1.807, 2.05) is 24.3 Å². The van der Waals surface area contributed by atoms with E-state index in [0.29, 0.717) is 18.6 Å². The van der Waals surface area contributed by atoms with Crippen LogP contribution in [0.15, 0.2) is 58.2 Å². The molecule has 0 aliphatic rings. The van der Waals surface area contributed by atoms with Gasteiger partial charge in [0.15, 0.2) is 0 Å². The molecule has 0 saturated heterocycles. The number of hydrogen-bond acceptors (Lipinski definition) is 3. The fraction of sp³-hybridized carbons (Fsp3) is 0.143. The molecular formula is C14H13BrN4O. The molecule has 0 radical (unpaired) electrons. The van der Waals surface area contributed by atoms with E-state index in [9.17, 15) is 4.79 Å². The summed E-state index contributed by atoms with van der Waals surface area (Å²) in [5, 5.41) is 7.34. The third-order valence-corrected chi connectivity index (χ3v) is 3.77. The zero-order chi connectivity index (χ0) is 13.9. The molecule has 5 nitrogen and oxygen atoms in total. The van der Waals surface area contributed by atoms with Gasteiger partial charge in [-0.25, -0.2) is 4.52 Å². The molecule has 102 valence electrons. The number of rotatable bonds is 4. The molecule has 0 fully saturated rings. The first-order valence-electron chi connectivity index (χ1n) is 6.27. The summed E-state index contributed by atoms with van der Waals surface area (Å²) in [6.07, 6.45) is 5.17. The minimum atomic E-state index is -0.0288. The van der Waals surface area contributed by atoms with Crippen LogP contribution in [-0.4, -0.2) is 20.7 Å². The molecule has 0 aliphatic heterocycles. The van der Waals surface area contributed by atoms with Gasteiger partial charge in [0.2, 0.25) is 0 Å². The average molecular weight is 333 g/mol. The number of fused-ring (bicyclic) bond motifs is 1. The van der Waals surface area contributed by atoms with Gasteiger partial charge in [0.1, 0.15) is 5.52 Å². The van der Waals surface area contributed by atoms with E-state index in [2.05, 4.69) is 26.3 Å². The topological polar surface area (TPSA) is 51.3 Å². The standard InChI is InChI=1S/C14H13BrN4O/c15-11-3-1-2-4-12(11)16-7-8-18-9-10-19-13(14(18)20)5-6-17-19/h1-6,9-10,16H,7-8H2. The van der Waals surface area contributed by atoms with Gasteiger partial charge >= 0.3 is 0 Å². The van der Waals surface area contributed by atoms with Crippen LogP contribution in [0, 0.1) is 0 Å². The van der Waals surface area contributed by atoms with Gasteiger partial charge in [0, 0.05) is 35.6 Å². The van der Waals surface area contributed by atoms with Crippen LogP contribution in [0.1, 0.15) is 0 Å². The molecular weight excluding hydrogens is 320 g/mol. The van der Waals surface area contributed by atoms with Crippen molar-refractivity contribution in [1.29, 1.82) is 0 Å². The van der Waals surface area contributed by atoms with Crippen LogP contribution >= 0.6 is 15.9 Å². The molecule has 6 heteroatoms. The maximum absolute atomic E-state index is 12.2. The summed E-state index contributed by atoms with van der Waals surface area (Å²) < 4.78 is 4.28. The Balaban J connectivity index is 1.73. The average Bonchev–Trinajstić information content (AvgIpc) is 2.93. The molecule has 0 amide bonds. The van der Waals surface area contributed by atoms with Crippen LogP contribution in [0.4, 0.5) is 5.69 Å². The van der Waals surface area contributed by atoms with Crippen molar-refractivity contribution in [1.82, 2.24) is 14.2 Å². The number of hydrogen-bond donors (Lipinski definition) is 1. The van der Waals surface area contributed by atoms with Crippen molar-refractivity contribution in [3.05, 3.63) is 63.7 Å². The molecule has 0 spiro atoms. The molecule has 3 aromatic rings. The first-order chi connectivity index (χ1) is 9.75. The Hall–Kier alpha value is -2.08. The summed E-state index contributed by atoms with van der Waals surface area (Å²) in [4.78, 5) is 12.2. The number of halogens is 1. The summed E-state index contributed by atoms with van der Waals surface area (Å²) in [5.41, 5.74) is 1.58. The molecule has 2 heterocycles. The van der Waals surface area contributed by atoms with Crippen LogP contribution in [0.5, 0.6) is 0 Å². The second-order valence-corrected chi connectivity index (χ2v) is 5.22. The Kier molecular flexibility index (Phi) is 3.56. The van der Waals surface area contributed by atoms with E-state index in [0.717, 1.165) is 10.2 Å². The minimum absolute atomic E-state index is 0.0288. The van der Waals surface area contributed by atoms with Crippen molar-refractivity contribution in [2.45, 2.75) is 6.54 Å². The maximum atomic E-state index is 12.2. The zero-order valence-electron chi connectivity index (χ0n) is 10.7. The summed E-state index contributed by atoms with van der Waals surface area (Å²) in [5.74, 6) is 0. The summed E-state index contributed by atoms with van der Waals surface area (Å²) in [7, 11) is 0. The lowest BCUT2D eigenvalue weighted by Gasteiger charge is -2.10. The molecule has 0 saturated carbocycles. The largest absolute Gasteiger partial charge is 0.382 e. The number of nitrogens with zero attached hydrogens (tertiary/aromatic N) is 3. The van der Waals surface area contributed by atoms with E-state index in [4.69, 9.17) is 0 Å². The Morgan fingerprint density at radius 2 is 2.05 bits per heavy atom. The smallest absolute Gasteiger partial charge is 0.276 e. The Bertz CT molecular complexity index is 793. The number of aromatic nitrogens is 3. The second-order valence-electron chi connectivity index (χ2n) is 4.36. The third-order valence-electron chi connectivity index (χ3n) is 3.08. The highest BCUT2D eigenvalue weighted by atomic mass is 79.9. The van der Waals surface area contributed by atoms with E-state index < -0.39 is 0 Å². The van der Waals surface area contributed by atoms with Crippen molar-refractivity contribution in [3.8, 4) is 0 Å². The maximum Gasteiger partial charge on any atom is 0.276 e. The van der Waals surface area contributed by atoms with E-state index in [1.54, 1.807) is 33.7 Å². The van der Waals surface area contributed by atoms with Crippen molar-refractivity contribution in [3.63, 3.8) is 0 Å². The van der Waals surface area contributed by atoms with E-state index >= 15 is 0 Å². The van der Waals surface area contributed by atoms with Crippen LogP contribution in [0.25, 0.3) is 5.52 Å². The molecule has 0 atom stereocenters. The van der Waals surface area contributed by atoms with Crippen molar-refractivity contribution in [2.24, 2.45) is 0 Å². The number of para-hydroxylation sites is 1. The molecule has 20 heavy (non-hydrogen) atoms. The van der Waals surface area contributed by atoms with Gasteiger partial charge in [0.25, 0.3) is 5.56 Å². The van der Waals surface area contributed by atoms with E-state index in [1.165, 1.54) is 0 Å². The number of benzene rings is 1. The molecule has 2 aromatic heterocycles. The summed E-state index contributed by atoms with van der Waals surface area (Å²) in [6, 6.07) is 9.63. The lowest BCUT2D eigenvalue weighted by atomic mass is 10.3. The predicted molar refractivity (Wildman–Crippen MR) is 82.1 cm³/mol. The lowest BCUT2D eigenvalue weighted by molar-refractivity contribution is 0.688. The van der Waals surface area contributed by atoms with Crippen LogP contribution in [-0.2, 0) is 6.54 Å². The van der Waals surface area contributed by atoms with Crippen LogP contribution in [0.3, 0.4) is 0 Å². The Morgan fingerprint density at radius 1 is 1.20 bits per heavy atom. The predicted octanol–water partition coefficient (Wildman–Crippen LogP) is 2.37. The molecule has 0 bridgehead atoms. The number of anilines is 1. The van der Waals surface area contributed by atoms with Gasteiger partial charge in [-0.15, -0.1) is 0 Å². The minimum Gasteiger partial charge on any atom is -0.382 e. The highest BCUT2D eigenvalue weighted by Crippen LogP contribution is 2.20. The SMILES string of the molecule is O=c1c2ccnn2ccn1CCNc1ccccc1Br. The Labute approximate surface area is 124 Å². The van der Waals surface area contributed by atoms with Crippen molar-refractivity contribution < 1.29 is 0 Å². The van der Waals surface area contributed by atoms with Gasteiger partial charge in [-0.1, -0.05) is 12.1 Å². The highest BCUT2D eigenvalue weighted by Gasteiger charge is 2.03. The molecule has 3 rings (SSSR count). The third kappa shape index (κ3) is 2.46. The van der Waals surface area contributed by atoms with Gasteiger partial charge < -0.3 is 9.88 Å². The van der Waals surface area contributed by atoms with Crippen molar-refractivity contribution >= 4 is 27.1 Å². The van der Waals surface area contributed by atoms with Gasteiger partial charge in [-0.2, -0.15) is 5.10 Å². The normalized spacial score (nSPS) is 10.8. The monoisotopic (exact) mass is 332 g/mol. The molecule has 0 unspecified atom stereocenters. The van der Waals surface area contributed by atoms with Gasteiger partial charge in [0.05, 0.1) is 6.20 Å². The summed E-state index contributed by atoms with van der Waals surface area (Å²) in [6.45, 7) is 1.27. The Morgan fingerprint density at radius 3 is 2.90 bits per heavy atom.